The predicted molar refractivity (Wildman–Crippen MR) is 135 cm³/mol. The molecule has 1 N–H and O–H groups in total. The molecule has 0 saturated heterocycles. The van der Waals surface area contributed by atoms with Crippen LogP contribution in [-0.4, -0.2) is 12.6 Å². The standard InChI is InChI=1S/C29H32FNO2/c1-18(2)20-8-7-9-22(14-20)33-17-25-23(24-11-10-21(30)15-27(24)32-6)12-13-26-28(25)19(3)16-29(4,5)31-26/h7-16,18,31H,17H2,1-6H3. The maximum atomic E-state index is 13.9. The number of fused-ring (bicyclic) bond motifs is 1. The number of anilines is 1. The number of rotatable bonds is 6. The van der Waals surface area contributed by atoms with Gasteiger partial charge in [0.2, 0.25) is 0 Å². The van der Waals surface area contributed by atoms with Gasteiger partial charge in [-0.15, -0.1) is 0 Å². The lowest BCUT2D eigenvalue weighted by Crippen LogP contribution is -2.32. The van der Waals surface area contributed by atoms with E-state index in [1.54, 1.807) is 13.2 Å². The van der Waals surface area contributed by atoms with Gasteiger partial charge >= 0.3 is 0 Å². The first-order chi connectivity index (χ1) is 15.7. The van der Waals surface area contributed by atoms with Crippen LogP contribution in [0.2, 0.25) is 0 Å². The highest BCUT2D eigenvalue weighted by Gasteiger charge is 2.27. The van der Waals surface area contributed by atoms with Crippen LogP contribution < -0.4 is 14.8 Å². The summed E-state index contributed by atoms with van der Waals surface area (Å²) in [5.74, 6) is 1.44. The van der Waals surface area contributed by atoms with E-state index in [-0.39, 0.29) is 11.4 Å². The Labute approximate surface area is 196 Å². The van der Waals surface area contributed by atoms with Crippen molar-refractivity contribution >= 4 is 11.3 Å². The third-order valence-corrected chi connectivity index (χ3v) is 6.10. The minimum atomic E-state index is -0.323. The van der Waals surface area contributed by atoms with Crippen molar-refractivity contribution in [1.82, 2.24) is 0 Å². The van der Waals surface area contributed by atoms with Gasteiger partial charge in [-0.2, -0.15) is 0 Å². The third-order valence-electron chi connectivity index (χ3n) is 6.10. The SMILES string of the molecule is COc1cc(F)ccc1-c1ccc2c(c1COc1cccc(C(C)C)c1)C(C)=CC(C)(C)N2. The summed E-state index contributed by atoms with van der Waals surface area (Å²) < 4.78 is 25.8. The molecule has 0 unspecified atom stereocenters. The summed E-state index contributed by atoms with van der Waals surface area (Å²) >= 11 is 0. The topological polar surface area (TPSA) is 30.5 Å². The first kappa shape index (κ1) is 22.9. The third kappa shape index (κ3) is 4.75. The molecule has 0 radical (unpaired) electrons. The minimum Gasteiger partial charge on any atom is -0.496 e. The summed E-state index contributed by atoms with van der Waals surface area (Å²) in [6.45, 7) is 11.2. The number of nitrogens with one attached hydrogen (secondary N) is 1. The Morgan fingerprint density at radius 1 is 1.00 bits per heavy atom. The van der Waals surface area contributed by atoms with E-state index in [1.165, 1.54) is 23.3 Å². The molecule has 4 heteroatoms. The average molecular weight is 446 g/mol. The maximum absolute atomic E-state index is 13.9. The van der Waals surface area contributed by atoms with Gasteiger partial charge in [0, 0.05) is 28.4 Å². The number of methoxy groups -OCH3 is 1. The van der Waals surface area contributed by atoms with Crippen molar-refractivity contribution in [1.29, 1.82) is 0 Å². The molecule has 172 valence electrons. The number of allylic oxidation sites excluding steroid dienone is 1. The molecular formula is C29H32FNO2. The summed E-state index contributed by atoms with van der Waals surface area (Å²) in [5, 5.41) is 3.62. The zero-order valence-electron chi connectivity index (χ0n) is 20.3. The number of ether oxygens (including phenoxy) is 2. The largest absolute Gasteiger partial charge is 0.496 e. The van der Waals surface area contributed by atoms with Crippen LogP contribution in [0.15, 0.2) is 60.7 Å². The van der Waals surface area contributed by atoms with Gasteiger partial charge in [0.25, 0.3) is 0 Å². The first-order valence-electron chi connectivity index (χ1n) is 11.4. The monoisotopic (exact) mass is 445 g/mol. The van der Waals surface area contributed by atoms with Crippen LogP contribution in [-0.2, 0) is 6.61 Å². The smallest absolute Gasteiger partial charge is 0.129 e. The summed E-state index contributed by atoms with van der Waals surface area (Å²) in [5.41, 5.74) is 7.33. The fourth-order valence-electron chi connectivity index (χ4n) is 4.61. The molecule has 4 rings (SSSR count). The van der Waals surface area contributed by atoms with E-state index in [4.69, 9.17) is 9.47 Å². The Kier molecular flexibility index (Phi) is 6.20. The fraction of sp³-hybridized carbons (Fsp3) is 0.310. The second-order valence-corrected chi connectivity index (χ2v) is 9.55. The van der Waals surface area contributed by atoms with E-state index >= 15 is 0 Å². The molecule has 0 bridgehead atoms. The molecule has 3 aromatic carbocycles. The van der Waals surface area contributed by atoms with E-state index in [0.717, 1.165) is 33.7 Å². The van der Waals surface area contributed by atoms with Crippen LogP contribution in [0.4, 0.5) is 10.1 Å². The van der Waals surface area contributed by atoms with Crippen LogP contribution in [0.25, 0.3) is 16.7 Å². The Balaban J connectivity index is 1.83. The van der Waals surface area contributed by atoms with Crippen molar-refractivity contribution in [2.45, 2.75) is 52.7 Å². The normalized spacial score (nSPS) is 14.4. The number of benzene rings is 3. The minimum absolute atomic E-state index is 0.143. The summed E-state index contributed by atoms with van der Waals surface area (Å²) in [6.07, 6.45) is 2.24. The van der Waals surface area contributed by atoms with E-state index in [1.807, 2.05) is 12.1 Å². The van der Waals surface area contributed by atoms with Gasteiger partial charge in [-0.3, -0.25) is 0 Å². The molecule has 0 aromatic heterocycles. The molecule has 1 aliphatic rings. The molecule has 3 nitrogen and oxygen atoms in total. The van der Waals surface area contributed by atoms with Crippen LogP contribution >= 0.6 is 0 Å². The molecule has 1 aliphatic heterocycles. The van der Waals surface area contributed by atoms with E-state index in [9.17, 15) is 4.39 Å². The molecule has 0 atom stereocenters. The van der Waals surface area contributed by atoms with Crippen molar-refractivity contribution in [3.8, 4) is 22.6 Å². The molecule has 1 heterocycles. The van der Waals surface area contributed by atoms with E-state index in [0.29, 0.717) is 18.3 Å². The molecule has 0 amide bonds. The Hall–Kier alpha value is -3.27. The number of hydrogen-bond acceptors (Lipinski definition) is 3. The first-order valence-corrected chi connectivity index (χ1v) is 11.4. The second-order valence-electron chi connectivity index (χ2n) is 9.55. The van der Waals surface area contributed by atoms with Gasteiger partial charge in [-0.25, -0.2) is 4.39 Å². The van der Waals surface area contributed by atoms with Crippen molar-refractivity contribution < 1.29 is 13.9 Å². The van der Waals surface area contributed by atoms with Crippen molar-refractivity contribution in [3.05, 3.63) is 83.2 Å². The van der Waals surface area contributed by atoms with Gasteiger partial charge in [0.05, 0.1) is 12.6 Å². The fourth-order valence-corrected chi connectivity index (χ4v) is 4.61. The number of halogens is 1. The summed E-state index contributed by atoms with van der Waals surface area (Å²) in [6, 6.07) is 17.1. The lowest BCUT2D eigenvalue weighted by atomic mass is 9.85. The predicted octanol–water partition coefficient (Wildman–Crippen LogP) is 7.81. The Bertz CT molecular complexity index is 1210. The molecule has 0 spiro atoms. The zero-order chi connectivity index (χ0) is 23.8. The summed E-state index contributed by atoms with van der Waals surface area (Å²) in [7, 11) is 1.57. The number of hydrogen-bond donors (Lipinski definition) is 1. The molecular weight excluding hydrogens is 413 g/mol. The molecule has 33 heavy (non-hydrogen) atoms. The van der Waals surface area contributed by atoms with E-state index < -0.39 is 0 Å². The van der Waals surface area contributed by atoms with Gasteiger partial charge < -0.3 is 14.8 Å². The molecule has 0 aliphatic carbocycles. The summed E-state index contributed by atoms with van der Waals surface area (Å²) in [4.78, 5) is 0. The average Bonchev–Trinajstić information content (AvgIpc) is 2.76. The van der Waals surface area contributed by atoms with Gasteiger partial charge in [0.1, 0.15) is 23.9 Å². The van der Waals surface area contributed by atoms with Gasteiger partial charge in [0.15, 0.2) is 0 Å². The molecule has 0 fully saturated rings. The van der Waals surface area contributed by atoms with Gasteiger partial charge in [-0.1, -0.05) is 38.1 Å². The van der Waals surface area contributed by atoms with Crippen molar-refractivity contribution in [2.75, 3.05) is 12.4 Å². The van der Waals surface area contributed by atoms with E-state index in [2.05, 4.69) is 70.3 Å². The lowest BCUT2D eigenvalue weighted by molar-refractivity contribution is 0.306. The highest BCUT2D eigenvalue weighted by atomic mass is 19.1. The van der Waals surface area contributed by atoms with Crippen LogP contribution in [0.5, 0.6) is 11.5 Å². The quantitative estimate of drug-likeness (QED) is 0.420. The van der Waals surface area contributed by atoms with Crippen LogP contribution in [0, 0.1) is 5.82 Å². The second kappa shape index (κ2) is 8.93. The Morgan fingerprint density at radius 2 is 1.76 bits per heavy atom. The zero-order valence-corrected chi connectivity index (χ0v) is 20.3. The van der Waals surface area contributed by atoms with Crippen LogP contribution in [0.3, 0.4) is 0 Å². The molecule has 3 aromatic rings. The maximum Gasteiger partial charge on any atom is 0.129 e. The Morgan fingerprint density at radius 3 is 2.48 bits per heavy atom. The van der Waals surface area contributed by atoms with Crippen molar-refractivity contribution in [2.24, 2.45) is 0 Å². The highest BCUT2D eigenvalue weighted by Crippen LogP contribution is 2.43. The van der Waals surface area contributed by atoms with Gasteiger partial charge in [-0.05, 0) is 73.7 Å². The lowest BCUT2D eigenvalue weighted by Gasteiger charge is -2.33. The van der Waals surface area contributed by atoms with Crippen LogP contribution in [0.1, 0.15) is 57.2 Å². The van der Waals surface area contributed by atoms with Crippen molar-refractivity contribution in [3.63, 3.8) is 0 Å². The molecule has 0 saturated carbocycles. The highest BCUT2D eigenvalue weighted by molar-refractivity contribution is 5.88.